The van der Waals surface area contributed by atoms with E-state index in [1.54, 1.807) is 9.80 Å². The van der Waals surface area contributed by atoms with E-state index in [0.29, 0.717) is 26.2 Å². The van der Waals surface area contributed by atoms with Gasteiger partial charge in [-0.15, -0.1) is 0 Å². The van der Waals surface area contributed by atoms with Crippen LogP contribution in [0.1, 0.15) is 12.8 Å². The van der Waals surface area contributed by atoms with Crippen LogP contribution in [-0.2, 0) is 14.4 Å². The standard InChI is InChI=1S/C21H44N6O3/c1-22(2)9-13-26(14-10-23(3)4)20(29)17-19(28)18-21(30)27(15-11-24(5)6)16-12-25(7)8/h9-18H2,1-8H3. The van der Waals surface area contributed by atoms with Gasteiger partial charge in [-0.2, -0.15) is 0 Å². The number of Topliss-reactive ketones (excluding diaryl/α,β-unsaturated/α-hetero) is 1. The first kappa shape index (κ1) is 28.5. The zero-order chi connectivity index (χ0) is 23.3. The lowest BCUT2D eigenvalue weighted by Crippen LogP contribution is -2.43. The first-order valence-corrected chi connectivity index (χ1v) is 10.6. The Morgan fingerprint density at radius 2 is 0.667 bits per heavy atom. The number of rotatable bonds is 16. The minimum atomic E-state index is -0.315. The van der Waals surface area contributed by atoms with Crippen molar-refractivity contribution in [3.8, 4) is 0 Å². The van der Waals surface area contributed by atoms with Crippen molar-refractivity contribution in [2.75, 3.05) is 109 Å². The van der Waals surface area contributed by atoms with Crippen LogP contribution in [0.5, 0.6) is 0 Å². The second kappa shape index (κ2) is 15.3. The van der Waals surface area contributed by atoms with Gasteiger partial charge in [-0.3, -0.25) is 14.4 Å². The average molecular weight is 429 g/mol. The van der Waals surface area contributed by atoms with Crippen molar-refractivity contribution in [2.24, 2.45) is 0 Å². The molecule has 0 aromatic heterocycles. The van der Waals surface area contributed by atoms with Gasteiger partial charge in [-0.1, -0.05) is 0 Å². The molecule has 9 heteroatoms. The Bertz CT molecular complexity index is 455. The zero-order valence-corrected chi connectivity index (χ0v) is 20.5. The highest BCUT2D eigenvalue weighted by molar-refractivity contribution is 6.06. The fourth-order valence-electron chi connectivity index (χ4n) is 2.63. The molecule has 0 heterocycles. The summed E-state index contributed by atoms with van der Waals surface area (Å²) in [5.74, 6) is -0.723. The number of nitrogens with zero attached hydrogens (tertiary/aromatic N) is 6. The van der Waals surface area contributed by atoms with E-state index >= 15 is 0 Å². The first-order chi connectivity index (χ1) is 13.9. The molecule has 0 aliphatic rings. The number of amides is 2. The Labute approximate surface area is 183 Å². The highest BCUT2D eigenvalue weighted by Gasteiger charge is 2.22. The topological polar surface area (TPSA) is 70.6 Å². The van der Waals surface area contributed by atoms with Crippen molar-refractivity contribution in [1.29, 1.82) is 0 Å². The third-order valence-corrected chi connectivity index (χ3v) is 4.67. The Morgan fingerprint density at radius 1 is 0.433 bits per heavy atom. The molecule has 0 aliphatic heterocycles. The fourth-order valence-corrected chi connectivity index (χ4v) is 2.63. The minimum Gasteiger partial charge on any atom is -0.340 e. The van der Waals surface area contributed by atoms with Crippen LogP contribution >= 0.6 is 0 Å². The van der Waals surface area contributed by atoms with Crippen LogP contribution in [-0.4, -0.2) is 156 Å². The molecular weight excluding hydrogens is 384 g/mol. The molecule has 0 atom stereocenters. The number of hydrogen-bond acceptors (Lipinski definition) is 7. The van der Waals surface area contributed by atoms with Crippen molar-refractivity contribution >= 4 is 17.6 Å². The van der Waals surface area contributed by atoms with Crippen molar-refractivity contribution in [3.05, 3.63) is 0 Å². The van der Waals surface area contributed by atoms with Crippen LogP contribution in [0.3, 0.4) is 0 Å². The maximum absolute atomic E-state index is 12.7. The van der Waals surface area contributed by atoms with E-state index in [-0.39, 0.29) is 30.4 Å². The largest absolute Gasteiger partial charge is 0.340 e. The summed E-state index contributed by atoms with van der Waals surface area (Å²) in [6, 6.07) is 0. The van der Waals surface area contributed by atoms with Gasteiger partial charge in [0, 0.05) is 52.4 Å². The van der Waals surface area contributed by atoms with Gasteiger partial charge in [0.15, 0.2) is 5.78 Å². The van der Waals surface area contributed by atoms with E-state index in [9.17, 15) is 14.4 Å². The van der Waals surface area contributed by atoms with Gasteiger partial charge >= 0.3 is 0 Å². The molecule has 30 heavy (non-hydrogen) atoms. The lowest BCUT2D eigenvalue weighted by atomic mass is 10.1. The molecule has 0 saturated heterocycles. The van der Waals surface area contributed by atoms with Crippen molar-refractivity contribution in [1.82, 2.24) is 29.4 Å². The molecule has 0 unspecified atom stereocenters. The quantitative estimate of drug-likeness (QED) is 0.299. The molecule has 0 N–H and O–H groups in total. The number of carbonyl (C=O) groups is 3. The molecule has 0 radical (unpaired) electrons. The maximum atomic E-state index is 12.7. The Kier molecular flexibility index (Phi) is 14.5. The second-order valence-electron chi connectivity index (χ2n) is 8.87. The highest BCUT2D eigenvalue weighted by Crippen LogP contribution is 2.03. The number of likely N-dealkylation sites (N-methyl/N-ethyl adjacent to an activating group) is 4. The first-order valence-electron chi connectivity index (χ1n) is 10.6. The van der Waals surface area contributed by atoms with Crippen LogP contribution in [0.4, 0.5) is 0 Å². The molecule has 0 rings (SSSR count). The Hall–Kier alpha value is -1.55. The molecule has 0 aromatic carbocycles. The lowest BCUT2D eigenvalue weighted by Gasteiger charge is -2.27. The van der Waals surface area contributed by atoms with E-state index in [1.807, 2.05) is 76.0 Å². The summed E-state index contributed by atoms with van der Waals surface area (Å²) in [4.78, 5) is 49.3. The van der Waals surface area contributed by atoms with Crippen LogP contribution in [0.25, 0.3) is 0 Å². The van der Waals surface area contributed by atoms with E-state index in [1.165, 1.54) is 0 Å². The number of ketones is 1. The van der Waals surface area contributed by atoms with Gasteiger partial charge < -0.3 is 29.4 Å². The lowest BCUT2D eigenvalue weighted by molar-refractivity contribution is -0.138. The predicted molar refractivity (Wildman–Crippen MR) is 122 cm³/mol. The summed E-state index contributed by atoms with van der Waals surface area (Å²) in [5, 5.41) is 0. The summed E-state index contributed by atoms with van der Waals surface area (Å²) in [6.07, 6.45) is -0.441. The number of hydrogen-bond donors (Lipinski definition) is 0. The molecule has 9 nitrogen and oxygen atoms in total. The van der Waals surface area contributed by atoms with Crippen LogP contribution < -0.4 is 0 Å². The summed E-state index contributed by atoms with van der Waals surface area (Å²) < 4.78 is 0. The van der Waals surface area contributed by atoms with Crippen LogP contribution in [0.15, 0.2) is 0 Å². The molecule has 0 aliphatic carbocycles. The summed E-state index contributed by atoms with van der Waals surface area (Å²) in [5.41, 5.74) is 0. The molecule has 2 amide bonds. The van der Waals surface area contributed by atoms with E-state index in [0.717, 1.165) is 26.2 Å². The SMILES string of the molecule is CN(C)CCN(CCN(C)C)C(=O)CC(=O)CC(=O)N(CCN(C)C)CCN(C)C. The Morgan fingerprint density at radius 3 is 0.867 bits per heavy atom. The van der Waals surface area contributed by atoms with Crippen molar-refractivity contribution < 1.29 is 14.4 Å². The van der Waals surface area contributed by atoms with Crippen molar-refractivity contribution in [3.63, 3.8) is 0 Å². The molecule has 176 valence electrons. The number of carbonyl (C=O) groups excluding carboxylic acids is 3. The third-order valence-electron chi connectivity index (χ3n) is 4.67. The van der Waals surface area contributed by atoms with E-state index in [2.05, 4.69) is 0 Å². The molecule has 0 saturated carbocycles. The highest BCUT2D eigenvalue weighted by atomic mass is 16.2. The smallest absolute Gasteiger partial charge is 0.230 e. The van der Waals surface area contributed by atoms with E-state index in [4.69, 9.17) is 0 Å². The molecule has 0 bridgehead atoms. The summed E-state index contributed by atoms with van der Waals surface area (Å²) in [7, 11) is 15.6. The summed E-state index contributed by atoms with van der Waals surface area (Å²) >= 11 is 0. The molecular formula is C21H44N6O3. The van der Waals surface area contributed by atoms with Gasteiger partial charge in [-0.05, 0) is 56.4 Å². The molecule has 0 spiro atoms. The van der Waals surface area contributed by atoms with Gasteiger partial charge in [0.2, 0.25) is 11.8 Å². The van der Waals surface area contributed by atoms with Crippen molar-refractivity contribution in [2.45, 2.75) is 12.8 Å². The Balaban J connectivity index is 4.85. The summed E-state index contributed by atoms with van der Waals surface area (Å²) in [6.45, 7) is 5.20. The van der Waals surface area contributed by atoms with Gasteiger partial charge in [-0.25, -0.2) is 0 Å². The molecule has 0 fully saturated rings. The van der Waals surface area contributed by atoms with Gasteiger partial charge in [0.05, 0.1) is 12.8 Å². The van der Waals surface area contributed by atoms with Gasteiger partial charge in [0.25, 0.3) is 0 Å². The maximum Gasteiger partial charge on any atom is 0.230 e. The monoisotopic (exact) mass is 428 g/mol. The third kappa shape index (κ3) is 14.4. The minimum absolute atomic E-state index is 0.204. The van der Waals surface area contributed by atoms with Gasteiger partial charge in [0.1, 0.15) is 0 Å². The second-order valence-corrected chi connectivity index (χ2v) is 8.87. The van der Waals surface area contributed by atoms with Crippen LogP contribution in [0.2, 0.25) is 0 Å². The normalized spacial score (nSPS) is 11.6. The zero-order valence-electron chi connectivity index (χ0n) is 20.5. The van der Waals surface area contributed by atoms with Crippen LogP contribution in [0, 0.1) is 0 Å². The molecule has 0 aromatic rings. The fraction of sp³-hybridized carbons (Fsp3) is 0.857. The van der Waals surface area contributed by atoms with E-state index < -0.39 is 0 Å². The predicted octanol–water partition coefficient (Wildman–Crippen LogP) is -0.761. The average Bonchev–Trinajstić information content (AvgIpc) is 2.60.